The molecule has 1 aromatic carbocycles. The summed E-state index contributed by atoms with van der Waals surface area (Å²) in [4.78, 5) is 30.3. The lowest BCUT2D eigenvalue weighted by atomic mass is 9.80. The van der Waals surface area contributed by atoms with Gasteiger partial charge in [0.2, 0.25) is 0 Å². The van der Waals surface area contributed by atoms with Gasteiger partial charge in [0.15, 0.2) is 5.78 Å². The van der Waals surface area contributed by atoms with Crippen LogP contribution >= 0.6 is 12.2 Å². The molecular formula is C29H39N3O4S2. The predicted molar refractivity (Wildman–Crippen MR) is 156 cm³/mol. The highest BCUT2D eigenvalue weighted by molar-refractivity contribution is 7.90. The molecular weight excluding hydrogens is 518 g/mol. The molecule has 1 saturated carbocycles. The number of benzene rings is 1. The predicted octanol–water partition coefficient (Wildman–Crippen LogP) is 5.14. The molecule has 0 saturated heterocycles. The number of sulfone groups is 1. The minimum atomic E-state index is -2.97. The summed E-state index contributed by atoms with van der Waals surface area (Å²) in [6, 6.07) is 8.87. The van der Waals surface area contributed by atoms with Gasteiger partial charge in [-0.15, -0.1) is 0 Å². The van der Waals surface area contributed by atoms with Crippen LogP contribution in [0.3, 0.4) is 0 Å². The molecule has 0 radical (unpaired) electrons. The number of hydrogen-bond donors (Lipinski definition) is 2. The smallest absolute Gasteiger partial charge is 0.257 e. The van der Waals surface area contributed by atoms with Crippen LogP contribution in [0.1, 0.15) is 79.0 Å². The van der Waals surface area contributed by atoms with Crippen molar-refractivity contribution in [1.29, 1.82) is 0 Å². The Labute approximate surface area is 232 Å². The molecule has 38 heavy (non-hydrogen) atoms. The van der Waals surface area contributed by atoms with E-state index in [0.717, 1.165) is 54.6 Å². The van der Waals surface area contributed by atoms with E-state index < -0.39 is 15.9 Å². The van der Waals surface area contributed by atoms with Gasteiger partial charge in [0, 0.05) is 29.3 Å². The van der Waals surface area contributed by atoms with Gasteiger partial charge in [0.05, 0.1) is 22.3 Å². The summed E-state index contributed by atoms with van der Waals surface area (Å²) in [5.74, 6) is 0.00222. The summed E-state index contributed by atoms with van der Waals surface area (Å²) in [6.45, 7) is 5.27. The highest BCUT2D eigenvalue weighted by Crippen LogP contribution is 2.43. The third-order valence-corrected chi connectivity index (χ3v) is 9.07. The highest BCUT2D eigenvalue weighted by Gasteiger charge is 2.38. The van der Waals surface area contributed by atoms with E-state index in [0.29, 0.717) is 29.8 Å². The van der Waals surface area contributed by atoms with Crippen molar-refractivity contribution in [2.24, 2.45) is 5.41 Å². The number of amides is 1. The lowest BCUT2D eigenvalue weighted by molar-refractivity contribution is -0.118. The van der Waals surface area contributed by atoms with Crippen molar-refractivity contribution >= 4 is 44.4 Å². The second-order valence-electron chi connectivity index (χ2n) is 10.7. The van der Waals surface area contributed by atoms with Crippen molar-refractivity contribution in [2.75, 3.05) is 17.3 Å². The fourth-order valence-corrected chi connectivity index (χ4v) is 6.45. The van der Waals surface area contributed by atoms with Crippen molar-refractivity contribution in [1.82, 2.24) is 10.3 Å². The topological polar surface area (TPSA) is 105 Å². The lowest BCUT2D eigenvalue weighted by Crippen LogP contribution is -2.47. The fraction of sp³-hybridized carbons (Fsp3) is 0.517. The Balaban J connectivity index is 1.63. The van der Waals surface area contributed by atoms with Crippen molar-refractivity contribution in [2.45, 2.75) is 78.2 Å². The van der Waals surface area contributed by atoms with Crippen LogP contribution in [0.15, 0.2) is 36.5 Å². The normalized spacial score (nSPS) is 15.6. The molecule has 1 fully saturated rings. The Kier molecular flexibility index (Phi) is 10.2. The minimum Gasteiger partial charge on any atom is -0.369 e. The molecule has 1 unspecified atom stereocenters. The van der Waals surface area contributed by atoms with E-state index in [9.17, 15) is 18.0 Å². The number of pyridine rings is 1. The summed E-state index contributed by atoms with van der Waals surface area (Å²) in [7, 11) is -2.97. The first-order valence-corrected chi connectivity index (χ1v) is 15.7. The van der Waals surface area contributed by atoms with Gasteiger partial charge in [0.25, 0.3) is 5.91 Å². The van der Waals surface area contributed by atoms with Gasteiger partial charge in [-0.3, -0.25) is 14.6 Å². The Morgan fingerprint density at radius 1 is 1.08 bits per heavy atom. The zero-order valence-electron chi connectivity index (χ0n) is 22.8. The van der Waals surface area contributed by atoms with Crippen molar-refractivity contribution in [3.63, 3.8) is 0 Å². The summed E-state index contributed by atoms with van der Waals surface area (Å²) in [5, 5.41) is 6.30. The van der Waals surface area contributed by atoms with E-state index >= 15 is 0 Å². The second-order valence-corrected chi connectivity index (χ2v) is 13.3. The van der Waals surface area contributed by atoms with Gasteiger partial charge < -0.3 is 10.6 Å². The van der Waals surface area contributed by atoms with Crippen LogP contribution in [0.25, 0.3) is 0 Å². The third-order valence-electron chi connectivity index (χ3n) is 7.49. The molecule has 206 valence electrons. The number of unbranched alkanes of at least 4 members (excludes halogenated alkanes) is 1. The molecule has 1 aliphatic rings. The van der Waals surface area contributed by atoms with E-state index in [1.54, 1.807) is 13.1 Å². The molecule has 0 aliphatic heterocycles. The number of nitrogens with zero attached hydrogens (tertiary/aromatic N) is 1. The number of hydrogen-bond acceptors (Lipinski definition) is 6. The molecule has 7 nitrogen and oxygen atoms in total. The summed E-state index contributed by atoms with van der Waals surface area (Å²) in [6.07, 6.45) is 9.80. The van der Waals surface area contributed by atoms with Crippen molar-refractivity contribution < 1.29 is 18.0 Å². The molecule has 9 heteroatoms. The highest BCUT2D eigenvalue weighted by atomic mass is 32.2. The monoisotopic (exact) mass is 557 g/mol. The van der Waals surface area contributed by atoms with Crippen LogP contribution in [0.4, 0.5) is 5.69 Å². The molecule has 0 bridgehead atoms. The molecule has 1 aliphatic carbocycles. The zero-order valence-corrected chi connectivity index (χ0v) is 24.4. The number of aromatic nitrogens is 1. The first-order valence-electron chi connectivity index (χ1n) is 13.2. The van der Waals surface area contributed by atoms with Crippen LogP contribution in [-0.2, 0) is 21.1 Å². The maximum atomic E-state index is 12.8. The summed E-state index contributed by atoms with van der Waals surface area (Å²) < 4.78 is 23.0. The van der Waals surface area contributed by atoms with Crippen molar-refractivity contribution in [3.8, 4) is 0 Å². The Hall–Kier alpha value is -2.65. The van der Waals surface area contributed by atoms with Gasteiger partial charge in [-0.2, -0.15) is 0 Å². The van der Waals surface area contributed by atoms with Gasteiger partial charge in [-0.05, 0) is 82.2 Å². The molecule has 1 atom stereocenters. The number of carbonyl (C=O) groups is 2. The molecule has 1 heterocycles. The maximum absolute atomic E-state index is 12.8. The average Bonchev–Trinajstić information content (AvgIpc) is 3.32. The van der Waals surface area contributed by atoms with Crippen LogP contribution in [0.5, 0.6) is 0 Å². The molecule has 1 aromatic heterocycles. The first-order chi connectivity index (χ1) is 17.9. The van der Waals surface area contributed by atoms with E-state index in [2.05, 4.69) is 15.6 Å². The van der Waals surface area contributed by atoms with E-state index in [-0.39, 0.29) is 22.9 Å². The fourth-order valence-electron chi connectivity index (χ4n) is 5.27. The zero-order chi connectivity index (χ0) is 27.9. The summed E-state index contributed by atoms with van der Waals surface area (Å²) in [5.41, 5.74) is 3.58. The van der Waals surface area contributed by atoms with Gasteiger partial charge in [-0.1, -0.05) is 43.6 Å². The standard InChI is InChI=1S/C29H39N3O4S2/c1-20-13-17-30-21(2)26(20)27(34)31-24-11-9-23(10-12-24)19-25(22(3)33)32-28(37)29(14-5-6-15-29)16-7-8-18-38(4,35)36/h9-13,17,25H,5-8,14-16,18-19H2,1-4H3,(H,31,34)(H,32,37). The molecule has 3 rings (SSSR count). The first kappa shape index (κ1) is 29.9. The van der Waals surface area contributed by atoms with Crippen LogP contribution < -0.4 is 10.6 Å². The summed E-state index contributed by atoms with van der Waals surface area (Å²) >= 11 is 5.86. The average molecular weight is 558 g/mol. The number of rotatable bonds is 12. The lowest BCUT2D eigenvalue weighted by Gasteiger charge is -2.33. The van der Waals surface area contributed by atoms with Crippen LogP contribution in [0.2, 0.25) is 0 Å². The molecule has 2 N–H and O–H groups in total. The SMILES string of the molecule is CC(=O)C(Cc1ccc(NC(=O)c2c(C)ccnc2C)cc1)NC(=S)C1(CCCCS(C)(=O)=O)CCCC1. The number of carbonyl (C=O) groups excluding carboxylic acids is 2. The number of anilines is 1. The van der Waals surface area contributed by atoms with Gasteiger partial charge >= 0.3 is 0 Å². The Morgan fingerprint density at radius 2 is 1.74 bits per heavy atom. The molecule has 1 amide bonds. The molecule has 2 aromatic rings. The third kappa shape index (κ3) is 8.17. The van der Waals surface area contributed by atoms with Gasteiger partial charge in [0.1, 0.15) is 9.84 Å². The van der Waals surface area contributed by atoms with E-state index in [1.165, 1.54) is 6.26 Å². The largest absolute Gasteiger partial charge is 0.369 e. The van der Waals surface area contributed by atoms with Crippen molar-refractivity contribution in [3.05, 3.63) is 58.9 Å². The van der Waals surface area contributed by atoms with Crippen LogP contribution in [0, 0.1) is 19.3 Å². The number of aryl methyl sites for hydroxylation is 2. The van der Waals surface area contributed by atoms with Crippen LogP contribution in [-0.4, -0.2) is 48.1 Å². The number of ketones is 1. The molecule has 0 spiro atoms. The Bertz CT molecular complexity index is 1250. The van der Waals surface area contributed by atoms with E-state index in [4.69, 9.17) is 12.2 Å². The van der Waals surface area contributed by atoms with E-state index in [1.807, 2.05) is 44.2 Å². The van der Waals surface area contributed by atoms with Gasteiger partial charge in [-0.25, -0.2) is 8.42 Å². The number of Topliss-reactive ketones (excluding diaryl/α,β-unsaturated/α-hetero) is 1. The quantitative estimate of drug-likeness (QED) is 0.275. The minimum absolute atomic E-state index is 0.0116. The number of nitrogens with one attached hydrogen (secondary N) is 2. The Morgan fingerprint density at radius 3 is 2.32 bits per heavy atom. The number of thiocarbonyl (C=S) groups is 1. The maximum Gasteiger partial charge on any atom is 0.257 e. The second kappa shape index (κ2) is 12.9.